The molecule has 18 heavy (non-hydrogen) atoms. The van der Waals surface area contributed by atoms with E-state index in [1.165, 1.54) is 32.1 Å². The van der Waals surface area contributed by atoms with Gasteiger partial charge >= 0.3 is 92.4 Å². The van der Waals surface area contributed by atoms with Crippen LogP contribution in [-0.2, 0) is 28.9 Å². The van der Waals surface area contributed by atoms with Crippen molar-refractivity contribution in [2.45, 2.75) is 69.3 Å². The Labute approximate surface area is 131 Å². The van der Waals surface area contributed by atoms with Crippen LogP contribution in [0.25, 0.3) is 0 Å². The summed E-state index contributed by atoms with van der Waals surface area (Å²) in [6.45, 7) is 6.98. The Kier molecular flexibility index (Phi) is 18.1. The fraction of sp³-hybridized carbons (Fsp3) is 1.00. The van der Waals surface area contributed by atoms with E-state index in [2.05, 4.69) is 44.8 Å². The van der Waals surface area contributed by atoms with Gasteiger partial charge in [0.25, 0.3) is 0 Å². The van der Waals surface area contributed by atoms with E-state index in [0.717, 1.165) is 5.92 Å². The van der Waals surface area contributed by atoms with Gasteiger partial charge in [0.05, 0.1) is 0 Å². The fourth-order valence-corrected chi connectivity index (χ4v) is 5.70. The van der Waals surface area contributed by atoms with E-state index < -0.39 is 5.69 Å². The van der Waals surface area contributed by atoms with Gasteiger partial charge in [-0.05, 0) is 11.8 Å². The van der Waals surface area contributed by atoms with Crippen molar-refractivity contribution >= 4 is 29.7 Å². The molecule has 6 heteroatoms. The number of unbranched alkanes of at least 4 members (excludes halogenated alkanes) is 3. The van der Waals surface area contributed by atoms with Gasteiger partial charge < -0.3 is 9.79 Å². The number of hydrogen-bond acceptors (Lipinski definition) is 1. The zero-order valence-electron chi connectivity index (χ0n) is 12.1. The first kappa shape index (κ1) is 21.8. The summed E-state index contributed by atoms with van der Waals surface area (Å²) >= 11 is 7.04. The van der Waals surface area contributed by atoms with E-state index in [-0.39, 0.29) is 17.1 Å². The van der Waals surface area contributed by atoms with Gasteiger partial charge in [0.1, 0.15) is 0 Å². The van der Waals surface area contributed by atoms with Crippen LogP contribution in [0.5, 0.6) is 0 Å². The molecule has 0 aromatic carbocycles. The van der Waals surface area contributed by atoms with Crippen molar-refractivity contribution in [3.63, 3.8) is 0 Å². The van der Waals surface area contributed by atoms with Gasteiger partial charge in [0.15, 0.2) is 0 Å². The Bertz CT molecular complexity index is 202. The molecule has 2 N–H and O–H groups in total. The molecule has 2 nitrogen and oxygen atoms in total. The average molecular weight is 366 g/mol. The SMILES string of the molecule is CCC[CH2][Zn][CH2]CCCCC(C)C.OP(O)(=S)S. The molecule has 0 amide bonds. The van der Waals surface area contributed by atoms with Gasteiger partial charge in [-0.1, -0.05) is 12.2 Å². The maximum atomic E-state index is 7.87. The Balaban J connectivity index is 0. The maximum Gasteiger partial charge on any atom is 0.239 e. The smallest absolute Gasteiger partial charge is 0.239 e. The topological polar surface area (TPSA) is 40.5 Å². The molecule has 0 aromatic rings. The van der Waals surface area contributed by atoms with E-state index in [9.17, 15) is 0 Å². The van der Waals surface area contributed by atoms with Crippen LogP contribution in [-0.4, -0.2) is 9.79 Å². The molecular weight excluding hydrogens is 337 g/mol. The van der Waals surface area contributed by atoms with Gasteiger partial charge in [-0.15, -0.1) is 0 Å². The van der Waals surface area contributed by atoms with Crippen LogP contribution in [0.1, 0.15) is 59.3 Å². The third kappa shape index (κ3) is 36.0. The second-order valence-electron chi connectivity index (χ2n) is 5.17. The Morgan fingerprint density at radius 2 is 1.61 bits per heavy atom. The average Bonchev–Trinajstić information content (AvgIpc) is 2.19. The molecule has 0 aromatic heterocycles. The van der Waals surface area contributed by atoms with E-state index in [0.29, 0.717) is 0 Å². The minimum atomic E-state index is -3.11. The van der Waals surface area contributed by atoms with Gasteiger partial charge in [0, 0.05) is 0 Å². The molecule has 0 heterocycles. The number of hydrogen-bond donors (Lipinski definition) is 3. The van der Waals surface area contributed by atoms with E-state index in [1.807, 2.05) is 0 Å². The molecule has 0 saturated carbocycles. The molecule has 0 saturated heterocycles. The van der Waals surface area contributed by atoms with Crippen molar-refractivity contribution in [3.8, 4) is 0 Å². The van der Waals surface area contributed by atoms with Crippen LogP contribution in [0.4, 0.5) is 0 Å². The first-order chi connectivity index (χ1) is 8.27. The van der Waals surface area contributed by atoms with Crippen LogP contribution in [0.2, 0.25) is 10.0 Å². The second-order valence-corrected chi connectivity index (χ2v) is 14.7. The summed E-state index contributed by atoms with van der Waals surface area (Å²) in [5.74, 6) is 0.918. The Morgan fingerprint density at radius 3 is 2.06 bits per heavy atom. The molecule has 0 radical (unpaired) electrons. The predicted octanol–water partition coefficient (Wildman–Crippen LogP) is 5.05. The largest absolute Gasteiger partial charge is 0.338 e. The molecule has 0 unspecified atom stereocenters. The van der Waals surface area contributed by atoms with Crippen LogP contribution in [0.3, 0.4) is 0 Å². The minimum absolute atomic E-state index is 0.0372. The fourth-order valence-electron chi connectivity index (χ4n) is 1.69. The van der Waals surface area contributed by atoms with Gasteiger partial charge in [0.2, 0.25) is 5.69 Å². The number of thiol groups is 1. The van der Waals surface area contributed by atoms with Crippen LogP contribution < -0.4 is 0 Å². The van der Waals surface area contributed by atoms with Crippen molar-refractivity contribution in [1.29, 1.82) is 0 Å². The third-order valence-electron chi connectivity index (χ3n) is 2.64. The summed E-state index contributed by atoms with van der Waals surface area (Å²) in [5, 5.41) is 3.30. The third-order valence-corrected chi connectivity index (χ3v) is 6.83. The molecule has 0 aliphatic rings. The molecule has 0 atom stereocenters. The van der Waals surface area contributed by atoms with E-state index in [1.54, 1.807) is 16.5 Å². The summed E-state index contributed by atoms with van der Waals surface area (Å²) in [5.41, 5.74) is -3.11. The minimum Gasteiger partial charge on any atom is -0.338 e. The summed E-state index contributed by atoms with van der Waals surface area (Å²) in [6.07, 6.45) is 8.92. The second kappa shape index (κ2) is 14.9. The van der Waals surface area contributed by atoms with Crippen molar-refractivity contribution < 1.29 is 26.9 Å². The predicted molar refractivity (Wildman–Crippen MR) is 85.5 cm³/mol. The molecule has 0 rings (SSSR count). The van der Waals surface area contributed by atoms with Crippen molar-refractivity contribution in [3.05, 3.63) is 0 Å². The van der Waals surface area contributed by atoms with Crippen LogP contribution >= 0.6 is 17.9 Å². The monoisotopic (exact) mass is 364 g/mol. The molecular formula is C12H29O2PS2Zn. The first-order valence-electron chi connectivity index (χ1n) is 7.05. The van der Waals surface area contributed by atoms with Gasteiger partial charge in [-0.2, -0.15) is 0 Å². The van der Waals surface area contributed by atoms with Crippen LogP contribution in [0, 0.1) is 5.92 Å². The quantitative estimate of drug-likeness (QED) is 0.232. The van der Waals surface area contributed by atoms with Crippen molar-refractivity contribution in [2.24, 2.45) is 5.92 Å². The zero-order valence-corrected chi connectivity index (χ0v) is 17.7. The molecule has 0 bridgehead atoms. The van der Waals surface area contributed by atoms with Crippen molar-refractivity contribution in [2.75, 3.05) is 0 Å². The van der Waals surface area contributed by atoms with E-state index >= 15 is 0 Å². The van der Waals surface area contributed by atoms with Crippen LogP contribution in [0.15, 0.2) is 0 Å². The molecule has 0 aliphatic heterocycles. The van der Waals surface area contributed by atoms with Gasteiger partial charge in [-0.3, -0.25) is 0 Å². The molecule has 108 valence electrons. The van der Waals surface area contributed by atoms with Gasteiger partial charge in [-0.25, -0.2) is 0 Å². The zero-order chi connectivity index (χ0) is 14.4. The molecule has 0 aliphatic carbocycles. The molecule has 0 spiro atoms. The summed E-state index contributed by atoms with van der Waals surface area (Å²) in [6, 6.07) is 0. The maximum absolute atomic E-state index is 7.87. The van der Waals surface area contributed by atoms with Crippen molar-refractivity contribution in [1.82, 2.24) is 0 Å². The summed E-state index contributed by atoms with van der Waals surface area (Å²) < 4.78 is 0. The molecule has 0 fully saturated rings. The van der Waals surface area contributed by atoms with E-state index in [4.69, 9.17) is 9.79 Å². The Hall–Kier alpha value is 1.54. The standard InChI is InChI=1S/C8H17.C4H9.H3O2PS2.Zn/c1-4-5-6-7-8(2)3;1-3-4-2;1-3(2,4)5;/h8H,1,4-7H2,2-3H3;1,3-4H2,2H3;(H3,1,2,4,5);. The number of rotatable bonds is 9. The Morgan fingerprint density at radius 1 is 1.11 bits per heavy atom. The normalized spacial score (nSPS) is 10.8. The summed E-state index contributed by atoms with van der Waals surface area (Å²) in [7, 11) is 0. The first-order valence-corrected chi connectivity index (χ1v) is 15.1. The summed E-state index contributed by atoms with van der Waals surface area (Å²) in [4.78, 5) is 15.7.